The lowest BCUT2D eigenvalue weighted by Gasteiger charge is -2.39. The number of amides is 1. The molecule has 1 aliphatic heterocycles. The Morgan fingerprint density at radius 2 is 1.90 bits per heavy atom. The standard InChI is InChI=1S/C16H20N4O/c1-11-4-12(2)15(13(3)5-11)16(21)19-6-14(7-19)8-20-10-17-9-18-20/h4-5,9-10,14H,6-8H2,1-3H3. The average molecular weight is 284 g/mol. The van der Waals surface area contributed by atoms with Crippen LogP contribution in [0.3, 0.4) is 0 Å². The van der Waals surface area contributed by atoms with E-state index in [4.69, 9.17) is 0 Å². The van der Waals surface area contributed by atoms with Crippen molar-refractivity contribution in [2.24, 2.45) is 5.92 Å². The number of carbonyl (C=O) groups excluding carboxylic acids is 1. The van der Waals surface area contributed by atoms with E-state index in [1.54, 1.807) is 12.7 Å². The summed E-state index contributed by atoms with van der Waals surface area (Å²) in [6.45, 7) is 8.51. The van der Waals surface area contributed by atoms with Crippen LogP contribution in [-0.4, -0.2) is 38.7 Å². The van der Waals surface area contributed by atoms with E-state index >= 15 is 0 Å². The Balaban J connectivity index is 1.66. The fourth-order valence-electron chi connectivity index (χ4n) is 3.12. The number of aromatic nitrogens is 3. The highest BCUT2D eigenvalue weighted by Crippen LogP contribution is 2.24. The van der Waals surface area contributed by atoms with Crippen LogP contribution in [0.15, 0.2) is 24.8 Å². The number of likely N-dealkylation sites (tertiary alicyclic amines) is 1. The molecule has 0 unspecified atom stereocenters. The topological polar surface area (TPSA) is 51.0 Å². The molecule has 0 saturated carbocycles. The maximum absolute atomic E-state index is 12.6. The molecule has 1 saturated heterocycles. The van der Waals surface area contributed by atoms with Crippen LogP contribution in [0, 0.1) is 26.7 Å². The molecular formula is C16H20N4O. The van der Waals surface area contributed by atoms with E-state index in [9.17, 15) is 4.79 Å². The van der Waals surface area contributed by atoms with E-state index in [1.165, 1.54) is 5.56 Å². The van der Waals surface area contributed by atoms with E-state index in [2.05, 4.69) is 29.1 Å². The Bertz CT molecular complexity index is 634. The first-order chi connectivity index (χ1) is 10.0. The summed E-state index contributed by atoms with van der Waals surface area (Å²) in [4.78, 5) is 18.5. The molecule has 0 aliphatic carbocycles. The van der Waals surface area contributed by atoms with Gasteiger partial charge in [-0.25, -0.2) is 4.98 Å². The van der Waals surface area contributed by atoms with Gasteiger partial charge in [0.2, 0.25) is 0 Å². The molecule has 5 heteroatoms. The summed E-state index contributed by atoms with van der Waals surface area (Å²) in [6, 6.07) is 4.15. The predicted molar refractivity (Wildman–Crippen MR) is 80.1 cm³/mol. The summed E-state index contributed by atoms with van der Waals surface area (Å²) < 4.78 is 1.83. The molecule has 110 valence electrons. The highest BCUT2D eigenvalue weighted by atomic mass is 16.2. The van der Waals surface area contributed by atoms with E-state index in [1.807, 2.05) is 23.4 Å². The second kappa shape index (κ2) is 5.31. The molecule has 0 radical (unpaired) electrons. The smallest absolute Gasteiger partial charge is 0.254 e. The van der Waals surface area contributed by atoms with Gasteiger partial charge in [-0.2, -0.15) is 5.10 Å². The zero-order chi connectivity index (χ0) is 15.0. The van der Waals surface area contributed by atoms with Crippen molar-refractivity contribution < 1.29 is 4.79 Å². The largest absolute Gasteiger partial charge is 0.338 e. The summed E-state index contributed by atoms with van der Waals surface area (Å²) in [5.74, 6) is 0.626. The van der Waals surface area contributed by atoms with Gasteiger partial charge in [0.15, 0.2) is 0 Å². The van der Waals surface area contributed by atoms with Gasteiger partial charge in [-0.3, -0.25) is 9.48 Å². The fraction of sp³-hybridized carbons (Fsp3) is 0.438. The quantitative estimate of drug-likeness (QED) is 0.866. The first-order valence-electron chi connectivity index (χ1n) is 7.24. The maximum Gasteiger partial charge on any atom is 0.254 e. The van der Waals surface area contributed by atoms with E-state index < -0.39 is 0 Å². The van der Waals surface area contributed by atoms with Crippen LogP contribution < -0.4 is 0 Å². The summed E-state index contributed by atoms with van der Waals surface area (Å²) >= 11 is 0. The SMILES string of the molecule is Cc1cc(C)c(C(=O)N2CC(Cn3cncn3)C2)c(C)c1. The average Bonchev–Trinajstić information content (AvgIpc) is 2.84. The first kappa shape index (κ1) is 13.8. The zero-order valence-electron chi connectivity index (χ0n) is 12.7. The molecule has 1 aromatic heterocycles. The third kappa shape index (κ3) is 2.68. The van der Waals surface area contributed by atoms with Crippen molar-refractivity contribution in [1.29, 1.82) is 0 Å². The molecule has 0 bridgehead atoms. The number of benzene rings is 1. The second-order valence-corrected chi connectivity index (χ2v) is 5.97. The number of aryl methyl sites for hydroxylation is 3. The minimum Gasteiger partial charge on any atom is -0.338 e. The molecule has 3 rings (SSSR count). The van der Waals surface area contributed by atoms with Crippen LogP contribution in [0.1, 0.15) is 27.0 Å². The van der Waals surface area contributed by atoms with Gasteiger partial charge in [0, 0.05) is 31.1 Å². The third-order valence-electron chi connectivity index (χ3n) is 4.05. The molecule has 0 N–H and O–H groups in total. The Hall–Kier alpha value is -2.17. The van der Waals surface area contributed by atoms with Crippen LogP contribution in [-0.2, 0) is 6.54 Å². The lowest BCUT2D eigenvalue weighted by atomic mass is 9.94. The lowest BCUT2D eigenvalue weighted by molar-refractivity contribution is 0.0460. The van der Waals surface area contributed by atoms with Crippen LogP contribution in [0.5, 0.6) is 0 Å². The molecule has 0 atom stereocenters. The van der Waals surface area contributed by atoms with Crippen LogP contribution in [0.25, 0.3) is 0 Å². The first-order valence-corrected chi connectivity index (χ1v) is 7.24. The molecule has 2 aromatic rings. The Labute approximate surface area is 124 Å². The zero-order valence-corrected chi connectivity index (χ0v) is 12.7. The summed E-state index contributed by atoms with van der Waals surface area (Å²) in [7, 11) is 0. The van der Waals surface area contributed by atoms with Crippen molar-refractivity contribution in [2.45, 2.75) is 27.3 Å². The highest BCUT2D eigenvalue weighted by Gasteiger charge is 2.32. The van der Waals surface area contributed by atoms with Gasteiger partial charge in [0.25, 0.3) is 5.91 Å². The van der Waals surface area contributed by atoms with Gasteiger partial charge < -0.3 is 4.90 Å². The van der Waals surface area contributed by atoms with Crippen LogP contribution >= 0.6 is 0 Å². The summed E-state index contributed by atoms with van der Waals surface area (Å²) in [6.07, 6.45) is 3.26. The monoisotopic (exact) mass is 284 g/mol. The van der Waals surface area contributed by atoms with Crippen molar-refractivity contribution in [1.82, 2.24) is 19.7 Å². The molecule has 21 heavy (non-hydrogen) atoms. The lowest BCUT2D eigenvalue weighted by Crippen LogP contribution is -2.51. The number of carbonyl (C=O) groups is 1. The summed E-state index contributed by atoms with van der Waals surface area (Å²) in [5, 5.41) is 4.11. The second-order valence-electron chi connectivity index (χ2n) is 5.97. The van der Waals surface area contributed by atoms with E-state index in [0.717, 1.165) is 36.3 Å². The van der Waals surface area contributed by atoms with Gasteiger partial charge in [-0.1, -0.05) is 17.7 Å². The molecule has 0 spiro atoms. The Kier molecular flexibility index (Phi) is 3.49. The van der Waals surface area contributed by atoms with Gasteiger partial charge in [-0.05, 0) is 31.9 Å². The van der Waals surface area contributed by atoms with Crippen LogP contribution in [0.2, 0.25) is 0 Å². The van der Waals surface area contributed by atoms with Crippen LogP contribution in [0.4, 0.5) is 0 Å². The van der Waals surface area contributed by atoms with Crippen molar-refractivity contribution in [3.63, 3.8) is 0 Å². The Morgan fingerprint density at radius 1 is 1.24 bits per heavy atom. The molecular weight excluding hydrogens is 264 g/mol. The van der Waals surface area contributed by atoms with Gasteiger partial charge in [0.1, 0.15) is 12.7 Å². The number of hydrogen-bond acceptors (Lipinski definition) is 3. The van der Waals surface area contributed by atoms with E-state index in [0.29, 0.717) is 5.92 Å². The van der Waals surface area contributed by atoms with Gasteiger partial charge in [0.05, 0.1) is 0 Å². The fourth-order valence-corrected chi connectivity index (χ4v) is 3.12. The molecule has 1 fully saturated rings. The van der Waals surface area contributed by atoms with Crippen molar-refractivity contribution in [3.05, 3.63) is 47.0 Å². The minimum atomic E-state index is 0.153. The highest BCUT2D eigenvalue weighted by molar-refractivity contribution is 5.97. The van der Waals surface area contributed by atoms with Crippen molar-refractivity contribution in [3.8, 4) is 0 Å². The normalized spacial score (nSPS) is 15.1. The number of hydrogen-bond donors (Lipinski definition) is 0. The maximum atomic E-state index is 12.6. The number of nitrogens with zero attached hydrogens (tertiary/aromatic N) is 4. The molecule has 2 heterocycles. The van der Waals surface area contributed by atoms with E-state index in [-0.39, 0.29) is 5.91 Å². The Morgan fingerprint density at radius 3 is 2.48 bits per heavy atom. The molecule has 5 nitrogen and oxygen atoms in total. The predicted octanol–water partition coefficient (Wildman–Crippen LogP) is 1.98. The number of rotatable bonds is 3. The molecule has 1 aromatic carbocycles. The summed E-state index contributed by atoms with van der Waals surface area (Å²) in [5.41, 5.74) is 4.20. The molecule has 1 aliphatic rings. The minimum absolute atomic E-state index is 0.153. The van der Waals surface area contributed by atoms with Gasteiger partial charge >= 0.3 is 0 Å². The van der Waals surface area contributed by atoms with Crippen molar-refractivity contribution in [2.75, 3.05) is 13.1 Å². The van der Waals surface area contributed by atoms with Crippen molar-refractivity contribution >= 4 is 5.91 Å². The third-order valence-corrected chi connectivity index (χ3v) is 4.05. The molecule has 1 amide bonds. The van der Waals surface area contributed by atoms with Gasteiger partial charge in [-0.15, -0.1) is 0 Å².